The molecule has 0 amide bonds. The smallest absolute Gasteiger partial charge is 0.312 e. The molecule has 2 aromatic heterocycles. The SMILES string of the molecule is Cc1[nH]c(=O)n(N=Nn2c(=O)cc[nH]c2=O)c(=O)c1-c1ccccc1. The van der Waals surface area contributed by atoms with Gasteiger partial charge >= 0.3 is 11.4 Å². The molecule has 0 aliphatic rings. The molecule has 25 heavy (non-hydrogen) atoms. The first-order chi connectivity index (χ1) is 12.0. The molecular weight excluding hydrogens is 328 g/mol. The van der Waals surface area contributed by atoms with Crippen LogP contribution in [0.3, 0.4) is 0 Å². The first-order valence-corrected chi connectivity index (χ1v) is 7.13. The average molecular weight is 340 g/mol. The molecule has 10 nitrogen and oxygen atoms in total. The predicted octanol–water partition coefficient (Wildman–Crippen LogP) is 0.0406. The van der Waals surface area contributed by atoms with Gasteiger partial charge in [-0.25, -0.2) is 9.59 Å². The van der Waals surface area contributed by atoms with E-state index in [1.165, 1.54) is 0 Å². The normalized spacial score (nSPS) is 11.1. The Hall–Kier alpha value is -3.82. The van der Waals surface area contributed by atoms with E-state index in [-0.39, 0.29) is 5.56 Å². The van der Waals surface area contributed by atoms with Gasteiger partial charge in [0.1, 0.15) is 0 Å². The summed E-state index contributed by atoms with van der Waals surface area (Å²) < 4.78 is 0.849. The van der Waals surface area contributed by atoms with Gasteiger partial charge in [0.15, 0.2) is 0 Å². The average Bonchev–Trinajstić information content (AvgIpc) is 2.57. The van der Waals surface area contributed by atoms with Gasteiger partial charge in [0, 0.05) is 18.0 Å². The van der Waals surface area contributed by atoms with Crippen LogP contribution in [0.4, 0.5) is 0 Å². The molecule has 1 aromatic carbocycles. The molecule has 0 saturated heterocycles. The lowest BCUT2D eigenvalue weighted by molar-refractivity contribution is 0.604. The van der Waals surface area contributed by atoms with Crippen LogP contribution in [0.25, 0.3) is 11.1 Å². The van der Waals surface area contributed by atoms with Crippen molar-refractivity contribution in [2.24, 2.45) is 10.4 Å². The number of hydrogen-bond donors (Lipinski definition) is 2. The first kappa shape index (κ1) is 16.1. The van der Waals surface area contributed by atoms with E-state index >= 15 is 0 Å². The van der Waals surface area contributed by atoms with Crippen LogP contribution in [0.5, 0.6) is 0 Å². The number of H-pyrrole nitrogens is 2. The fraction of sp³-hybridized carbons (Fsp3) is 0.0667. The monoisotopic (exact) mass is 340 g/mol. The van der Waals surface area contributed by atoms with Crippen molar-refractivity contribution in [1.29, 1.82) is 0 Å². The summed E-state index contributed by atoms with van der Waals surface area (Å²) in [5.41, 5.74) is -2.00. The van der Waals surface area contributed by atoms with Crippen LogP contribution < -0.4 is 22.5 Å². The third kappa shape index (κ3) is 3.00. The maximum Gasteiger partial charge on any atom is 0.351 e. The second-order valence-corrected chi connectivity index (χ2v) is 5.02. The Morgan fingerprint density at radius 2 is 1.56 bits per heavy atom. The molecule has 3 rings (SSSR count). The Balaban J connectivity index is 2.20. The van der Waals surface area contributed by atoms with E-state index in [1.54, 1.807) is 37.3 Å². The zero-order valence-corrected chi connectivity index (χ0v) is 13.0. The molecule has 0 bridgehead atoms. The van der Waals surface area contributed by atoms with Crippen molar-refractivity contribution in [3.8, 4) is 11.1 Å². The number of nitrogens with zero attached hydrogens (tertiary/aromatic N) is 4. The van der Waals surface area contributed by atoms with Crippen molar-refractivity contribution in [3.63, 3.8) is 0 Å². The van der Waals surface area contributed by atoms with Gasteiger partial charge in [0.05, 0.1) is 5.56 Å². The lowest BCUT2D eigenvalue weighted by atomic mass is 10.1. The third-order valence-corrected chi connectivity index (χ3v) is 3.38. The van der Waals surface area contributed by atoms with Crippen LogP contribution in [0, 0.1) is 6.92 Å². The van der Waals surface area contributed by atoms with Gasteiger partial charge in [-0.15, -0.1) is 9.35 Å². The van der Waals surface area contributed by atoms with Crippen molar-refractivity contribution in [2.45, 2.75) is 6.92 Å². The Bertz CT molecular complexity index is 1160. The van der Waals surface area contributed by atoms with Gasteiger partial charge in [-0.1, -0.05) is 30.3 Å². The zero-order chi connectivity index (χ0) is 18.0. The van der Waals surface area contributed by atoms with Crippen molar-refractivity contribution in [1.82, 2.24) is 19.3 Å². The summed E-state index contributed by atoms with van der Waals surface area (Å²) in [5.74, 6) is 0. The zero-order valence-electron chi connectivity index (χ0n) is 13.0. The Labute approximate surface area is 138 Å². The molecule has 0 fully saturated rings. The molecule has 126 valence electrons. The largest absolute Gasteiger partial charge is 0.351 e. The number of aromatic amines is 2. The van der Waals surface area contributed by atoms with Gasteiger partial charge in [-0.05, 0) is 22.9 Å². The summed E-state index contributed by atoms with van der Waals surface area (Å²) in [6.07, 6.45) is 1.15. The van der Waals surface area contributed by atoms with Crippen LogP contribution in [0.15, 0.2) is 72.2 Å². The Kier molecular flexibility index (Phi) is 4.08. The molecule has 0 saturated carbocycles. The molecule has 0 spiro atoms. The predicted molar refractivity (Wildman–Crippen MR) is 88.5 cm³/mol. The van der Waals surface area contributed by atoms with Crippen molar-refractivity contribution >= 4 is 0 Å². The van der Waals surface area contributed by atoms with E-state index in [9.17, 15) is 19.2 Å². The standard InChI is InChI=1S/C15H12N6O4/c1-9-12(10-5-3-2-4-6-10)13(23)21(15(25)17-9)19-18-20-11(22)7-8-16-14(20)24/h2-8H,1H3,(H,16,24)(H,17,25). The van der Waals surface area contributed by atoms with Gasteiger partial charge in [0.25, 0.3) is 11.1 Å². The Morgan fingerprint density at radius 3 is 2.24 bits per heavy atom. The third-order valence-electron chi connectivity index (χ3n) is 3.38. The maximum atomic E-state index is 12.6. The van der Waals surface area contributed by atoms with Crippen molar-refractivity contribution < 1.29 is 0 Å². The molecule has 0 aliphatic heterocycles. The van der Waals surface area contributed by atoms with E-state index in [0.29, 0.717) is 20.6 Å². The molecule has 2 heterocycles. The highest BCUT2D eigenvalue weighted by Crippen LogP contribution is 2.16. The van der Waals surface area contributed by atoms with Crippen LogP contribution >= 0.6 is 0 Å². The lowest BCUT2D eigenvalue weighted by Gasteiger charge is -2.06. The van der Waals surface area contributed by atoms with Crippen molar-refractivity contribution in [2.75, 3.05) is 0 Å². The summed E-state index contributed by atoms with van der Waals surface area (Å²) in [6, 6.07) is 9.74. The fourth-order valence-corrected chi connectivity index (χ4v) is 2.24. The molecule has 10 heteroatoms. The van der Waals surface area contributed by atoms with Crippen LogP contribution in [0.1, 0.15) is 5.69 Å². The summed E-state index contributed by atoms with van der Waals surface area (Å²) in [5, 5.41) is 6.84. The minimum absolute atomic E-state index is 0.230. The highest BCUT2D eigenvalue weighted by Gasteiger charge is 2.13. The highest BCUT2D eigenvalue weighted by atomic mass is 16.2. The molecule has 0 radical (unpaired) electrons. The first-order valence-electron chi connectivity index (χ1n) is 7.13. The molecular formula is C15H12N6O4. The second-order valence-electron chi connectivity index (χ2n) is 5.02. The number of hydrogen-bond acceptors (Lipinski definition) is 6. The minimum atomic E-state index is -0.851. The van der Waals surface area contributed by atoms with Crippen molar-refractivity contribution in [3.05, 3.63) is 90.0 Å². The number of rotatable bonds is 3. The summed E-state index contributed by atoms with van der Waals surface area (Å²) in [7, 11) is 0. The summed E-state index contributed by atoms with van der Waals surface area (Å²) >= 11 is 0. The van der Waals surface area contributed by atoms with Crippen LogP contribution in [-0.2, 0) is 0 Å². The van der Waals surface area contributed by atoms with E-state index in [4.69, 9.17) is 0 Å². The van der Waals surface area contributed by atoms with Gasteiger partial charge in [-0.2, -0.15) is 0 Å². The quantitative estimate of drug-likeness (QED) is 0.651. The van der Waals surface area contributed by atoms with Gasteiger partial charge < -0.3 is 9.97 Å². The molecule has 3 aromatic rings. The number of aromatic nitrogens is 4. The fourth-order valence-electron chi connectivity index (χ4n) is 2.24. The van der Waals surface area contributed by atoms with E-state index in [0.717, 1.165) is 12.3 Å². The summed E-state index contributed by atoms with van der Waals surface area (Å²) in [4.78, 5) is 52.5. The van der Waals surface area contributed by atoms with E-state index in [2.05, 4.69) is 20.4 Å². The number of nitrogens with one attached hydrogen (secondary N) is 2. The van der Waals surface area contributed by atoms with Crippen LogP contribution in [0.2, 0.25) is 0 Å². The minimum Gasteiger partial charge on any atom is -0.312 e. The van der Waals surface area contributed by atoms with E-state index in [1.807, 2.05) is 0 Å². The highest BCUT2D eigenvalue weighted by molar-refractivity contribution is 5.64. The second kappa shape index (κ2) is 6.35. The Morgan fingerprint density at radius 1 is 0.880 bits per heavy atom. The molecule has 2 N–H and O–H groups in total. The topological polar surface area (TPSA) is 134 Å². The van der Waals surface area contributed by atoms with Crippen LogP contribution in [-0.4, -0.2) is 19.3 Å². The molecule has 0 atom stereocenters. The molecule has 0 aliphatic carbocycles. The van der Waals surface area contributed by atoms with Gasteiger partial charge in [0.2, 0.25) is 0 Å². The van der Waals surface area contributed by atoms with Gasteiger partial charge in [-0.3, -0.25) is 9.59 Å². The number of benzene rings is 1. The summed E-state index contributed by atoms with van der Waals surface area (Å²) in [6.45, 7) is 1.58. The van der Waals surface area contributed by atoms with E-state index < -0.39 is 22.5 Å². The maximum absolute atomic E-state index is 12.6. The lowest BCUT2D eigenvalue weighted by Crippen LogP contribution is -2.35. The molecule has 0 unspecified atom stereocenters. The number of aryl methyl sites for hydroxylation is 1.